The van der Waals surface area contributed by atoms with Crippen molar-refractivity contribution in [2.75, 3.05) is 11.1 Å². The first-order valence-corrected chi connectivity index (χ1v) is 8.82. The summed E-state index contributed by atoms with van der Waals surface area (Å²) in [6.07, 6.45) is 0.929. The van der Waals surface area contributed by atoms with Crippen LogP contribution in [0, 0.1) is 0 Å². The zero-order valence-corrected chi connectivity index (χ0v) is 13.8. The van der Waals surface area contributed by atoms with Crippen LogP contribution >= 0.6 is 23.1 Å². The Kier molecular flexibility index (Phi) is 4.22. The fourth-order valence-corrected chi connectivity index (χ4v) is 4.32. The zero-order chi connectivity index (χ0) is 15.6. The Morgan fingerprint density at radius 2 is 2.05 bits per heavy atom. The Labute approximate surface area is 137 Å². The summed E-state index contributed by atoms with van der Waals surface area (Å²) < 4.78 is 0. The van der Waals surface area contributed by atoms with E-state index < -0.39 is 0 Å². The lowest BCUT2D eigenvalue weighted by Gasteiger charge is -2.28. The highest BCUT2D eigenvalue weighted by Crippen LogP contribution is 2.38. The van der Waals surface area contributed by atoms with E-state index in [-0.39, 0.29) is 11.4 Å². The minimum Gasteiger partial charge on any atom is -0.379 e. The number of amides is 1. The molecule has 6 heteroatoms. The number of carbonyl (C=O) groups is 1. The van der Waals surface area contributed by atoms with Gasteiger partial charge in [0, 0.05) is 16.3 Å². The van der Waals surface area contributed by atoms with Gasteiger partial charge in [0.2, 0.25) is 0 Å². The van der Waals surface area contributed by atoms with Crippen molar-refractivity contribution in [1.82, 2.24) is 0 Å². The molecule has 2 heterocycles. The molecule has 1 amide bonds. The van der Waals surface area contributed by atoms with E-state index in [0.717, 1.165) is 22.7 Å². The van der Waals surface area contributed by atoms with Gasteiger partial charge < -0.3 is 11.1 Å². The molecule has 3 N–H and O–H groups in total. The van der Waals surface area contributed by atoms with Gasteiger partial charge in [0.1, 0.15) is 0 Å². The molecule has 1 aliphatic rings. The summed E-state index contributed by atoms with van der Waals surface area (Å²) in [5, 5.41) is 3.53. The maximum atomic E-state index is 12.3. The van der Waals surface area contributed by atoms with Gasteiger partial charge in [0.05, 0.1) is 10.4 Å². The summed E-state index contributed by atoms with van der Waals surface area (Å²) in [4.78, 5) is 18.7. The first-order valence-electron chi connectivity index (χ1n) is 7.02. The standard InChI is InChI=1S/C16H17N3OS2/c1-16(9-10-21-15(17)19-16)13-8-7-12(22-13)14(20)18-11-5-3-2-4-6-11/h2-8H,9-10H2,1H3,(H2,17,19)(H,18,20). The van der Waals surface area contributed by atoms with E-state index in [1.54, 1.807) is 11.8 Å². The van der Waals surface area contributed by atoms with E-state index in [1.807, 2.05) is 42.5 Å². The number of amidine groups is 1. The number of rotatable bonds is 3. The Hall–Kier alpha value is -1.79. The number of aliphatic imine (C=N–C) groups is 1. The van der Waals surface area contributed by atoms with Gasteiger partial charge in [-0.25, -0.2) is 0 Å². The zero-order valence-electron chi connectivity index (χ0n) is 12.2. The molecule has 0 bridgehead atoms. The maximum absolute atomic E-state index is 12.3. The molecule has 0 spiro atoms. The van der Waals surface area contributed by atoms with Crippen LogP contribution in [0.4, 0.5) is 5.69 Å². The molecule has 1 aliphatic heterocycles. The van der Waals surface area contributed by atoms with E-state index in [4.69, 9.17) is 5.73 Å². The maximum Gasteiger partial charge on any atom is 0.265 e. The normalized spacial score (nSPS) is 21.2. The second kappa shape index (κ2) is 6.14. The number of nitrogens with one attached hydrogen (secondary N) is 1. The smallest absolute Gasteiger partial charge is 0.265 e. The summed E-state index contributed by atoms with van der Waals surface area (Å²) in [7, 11) is 0. The van der Waals surface area contributed by atoms with Crippen LogP contribution in [0.1, 0.15) is 27.9 Å². The number of hydrogen-bond donors (Lipinski definition) is 2. The Morgan fingerprint density at radius 3 is 2.77 bits per heavy atom. The SMILES string of the molecule is CC1(c2ccc(C(=O)Nc3ccccc3)s2)CCSC(N)=N1. The van der Waals surface area contributed by atoms with Crippen LogP contribution in [0.25, 0.3) is 0 Å². The molecular weight excluding hydrogens is 314 g/mol. The Morgan fingerprint density at radius 1 is 1.27 bits per heavy atom. The molecule has 2 aromatic rings. The topological polar surface area (TPSA) is 67.5 Å². The van der Waals surface area contributed by atoms with Crippen LogP contribution in [-0.2, 0) is 5.54 Å². The van der Waals surface area contributed by atoms with Crippen LogP contribution in [-0.4, -0.2) is 16.8 Å². The average Bonchev–Trinajstić information content (AvgIpc) is 2.99. The van der Waals surface area contributed by atoms with Crippen molar-refractivity contribution in [2.24, 2.45) is 10.7 Å². The number of anilines is 1. The van der Waals surface area contributed by atoms with Crippen molar-refractivity contribution in [3.63, 3.8) is 0 Å². The van der Waals surface area contributed by atoms with Gasteiger partial charge in [0.25, 0.3) is 5.91 Å². The second-order valence-corrected chi connectivity index (χ2v) is 7.51. The van der Waals surface area contributed by atoms with Crippen LogP contribution in [0.5, 0.6) is 0 Å². The summed E-state index contributed by atoms with van der Waals surface area (Å²) in [6.45, 7) is 2.07. The van der Waals surface area contributed by atoms with E-state index in [0.29, 0.717) is 10.0 Å². The predicted octanol–water partition coefficient (Wildman–Crippen LogP) is 3.67. The number of carbonyl (C=O) groups excluding carboxylic acids is 1. The average molecular weight is 331 g/mol. The van der Waals surface area contributed by atoms with E-state index in [1.165, 1.54) is 11.3 Å². The number of hydrogen-bond acceptors (Lipinski definition) is 5. The number of thiophene rings is 1. The highest BCUT2D eigenvalue weighted by Gasteiger charge is 2.31. The fourth-order valence-electron chi connectivity index (χ4n) is 2.33. The van der Waals surface area contributed by atoms with Crippen LogP contribution in [0.2, 0.25) is 0 Å². The van der Waals surface area contributed by atoms with Gasteiger partial charge >= 0.3 is 0 Å². The van der Waals surface area contributed by atoms with Crippen molar-refractivity contribution in [3.05, 3.63) is 52.2 Å². The predicted molar refractivity (Wildman–Crippen MR) is 94.8 cm³/mol. The molecule has 1 unspecified atom stereocenters. The molecule has 0 saturated heterocycles. The number of nitrogens with two attached hydrogens (primary N) is 1. The number of nitrogens with zero attached hydrogens (tertiary/aromatic N) is 1. The second-order valence-electron chi connectivity index (χ2n) is 5.31. The van der Waals surface area contributed by atoms with Gasteiger partial charge in [-0.1, -0.05) is 30.0 Å². The van der Waals surface area contributed by atoms with Gasteiger partial charge in [-0.05, 0) is 37.6 Å². The molecule has 114 valence electrons. The highest BCUT2D eigenvalue weighted by molar-refractivity contribution is 8.13. The van der Waals surface area contributed by atoms with Crippen LogP contribution in [0.3, 0.4) is 0 Å². The summed E-state index contributed by atoms with van der Waals surface area (Å²) in [5.41, 5.74) is 6.34. The molecule has 1 atom stereocenters. The van der Waals surface area contributed by atoms with E-state index in [2.05, 4.69) is 17.2 Å². The van der Waals surface area contributed by atoms with Gasteiger partial charge in [-0.2, -0.15) is 0 Å². The summed E-state index contributed by atoms with van der Waals surface area (Å²) in [5.74, 6) is 0.864. The molecule has 0 radical (unpaired) electrons. The van der Waals surface area contributed by atoms with Crippen molar-refractivity contribution in [2.45, 2.75) is 18.9 Å². The van der Waals surface area contributed by atoms with Crippen molar-refractivity contribution < 1.29 is 4.79 Å². The third-order valence-electron chi connectivity index (χ3n) is 3.59. The highest BCUT2D eigenvalue weighted by atomic mass is 32.2. The molecule has 4 nitrogen and oxygen atoms in total. The largest absolute Gasteiger partial charge is 0.379 e. The van der Waals surface area contributed by atoms with Crippen molar-refractivity contribution in [3.8, 4) is 0 Å². The van der Waals surface area contributed by atoms with Gasteiger partial charge in [0.15, 0.2) is 5.17 Å². The number of thioether (sulfide) groups is 1. The van der Waals surface area contributed by atoms with Crippen LogP contribution < -0.4 is 11.1 Å². The molecule has 3 rings (SSSR count). The lowest BCUT2D eigenvalue weighted by atomic mass is 9.98. The lowest BCUT2D eigenvalue weighted by Crippen LogP contribution is -2.27. The van der Waals surface area contributed by atoms with Crippen molar-refractivity contribution >= 4 is 39.9 Å². The molecule has 22 heavy (non-hydrogen) atoms. The monoisotopic (exact) mass is 331 g/mol. The molecule has 0 fully saturated rings. The molecule has 1 aromatic carbocycles. The first kappa shape index (κ1) is 15.1. The van der Waals surface area contributed by atoms with Crippen molar-refractivity contribution in [1.29, 1.82) is 0 Å². The van der Waals surface area contributed by atoms with E-state index >= 15 is 0 Å². The van der Waals surface area contributed by atoms with Gasteiger partial charge in [-0.15, -0.1) is 11.3 Å². The lowest BCUT2D eigenvalue weighted by molar-refractivity contribution is 0.103. The third kappa shape index (κ3) is 3.18. The first-order chi connectivity index (χ1) is 10.6. The third-order valence-corrected chi connectivity index (χ3v) is 5.72. The number of para-hydroxylation sites is 1. The summed E-state index contributed by atoms with van der Waals surface area (Å²) >= 11 is 3.07. The quantitative estimate of drug-likeness (QED) is 0.902. The van der Waals surface area contributed by atoms with Gasteiger partial charge in [-0.3, -0.25) is 9.79 Å². The Balaban J connectivity index is 1.79. The summed E-state index contributed by atoms with van der Waals surface area (Å²) in [6, 6.07) is 13.3. The van der Waals surface area contributed by atoms with Crippen LogP contribution in [0.15, 0.2) is 47.5 Å². The number of benzene rings is 1. The molecule has 0 aliphatic carbocycles. The fraction of sp³-hybridized carbons (Fsp3) is 0.250. The molecular formula is C16H17N3OS2. The minimum absolute atomic E-state index is 0.0896. The Bertz CT molecular complexity index is 711. The minimum atomic E-state index is -0.314. The molecule has 1 aromatic heterocycles. The molecule has 0 saturated carbocycles. The van der Waals surface area contributed by atoms with E-state index in [9.17, 15) is 4.79 Å².